The number of benzene rings is 1. The van der Waals surface area contributed by atoms with Crippen molar-refractivity contribution >= 4 is 0 Å². The summed E-state index contributed by atoms with van der Waals surface area (Å²) >= 11 is 0. The highest BCUT2D eigenvalue weighted by molar-refractivity contribution is 5.38. The first kappa shape index (κ1) is 13.7. The van der Waals surface area contributed by atoms with E-state index in [9.17, 15) is 26.3 Å². The number of alkyl halides is 6. The summed E-state index contributed by atoms with van der Waals surface area (Å²) in [5.74, 6) is -0.396. The summed E-state index contributed by atoms with van der Waals surface area (Å²) in [5.41, 5.74) is -6.07. The van der Waals surface area contributed by atoms with Crippen LogP contribution in [-0.2, 0) is 5.67 Å². The minimum atomic E-state index is -5.73. The molecule has 0 fully saturated rings. The molecule has 17 heavy (non-hydrogen) atoms. The van der Waals surface area contributed by atoms with Gasteiger partial charge in [-0.1, -0.05) is 6.07 Å². The first-order valence-corrected chi connectivity index (χ1v) is 4.44. The van der Waals surface area contributed by atoms with Crippen molar-refractivity contribution in [3.63, 3.8) is 0 Å². The Hall–Kier alpha value is -1.40. The first-order valence-electron chi connectivity index (χ1n) is 4.44. The van der Waals surface area contributed by atoms with Crippen molar-refractivity contribution in [3.8, 4) is 5.75 Å². The molecular weight excluding hydrogens is 250 g/mol. The second kappa shape index (κ2) is 4.12. The highest BCUT2D eigenvalue weighted by Crippen LogP contribution is 2.47. The van der Waals surface area contributed by atoms with Crippen LogP contribution in [-0.4, -0.2) is 17.7 Å². The summed E-state index contributed by atoms with van der Waals surface area (Å²) in [6.07, 6.45) is -9.98. The molecule has 1 aromatic rings. The molecule has 0 aliphatic rings. The summed E-state index contributed by atoms with van der Waals surface area (Å²) in [5, 5.41) is 9.06. The van der Waals surface area contributed by atoms with Crippen molar-refractivity contribution in [3.05, 3.63) is 29.3 Å². The largest absolute Gasteiger partial charge is 0.508 e. The molecule has 0 aliphatic carbocycles. The number of phenols is 1. The first-order chi connectivity index (χ1) is 7.60. The summed E-state index contributed by atoms with van der Waals surface area (Å²) < 4.78 is 75.3. The molecule has 0 saturated heterocycles. The quantitative estimate of drug-likeness (QED) is 0.802. The third-order valence-corrected chi connectivity index (χ3v) is 2.33. The van der Waals surface area contributed by atoms with Crippen molar-refractivity contribution in [2.75, 3.05) is 0 Å². The van der Waals surface area contributed by atoms with E-state index in [0.717, 1.165) is 6.07 Å². The number of aromatic hydroxyl groups is 1. The molecule has 0 heterocycles. The van der Waals surface area contributed by atoms with Crippen molar-refractivity contribution in [1.29, 1.82) is 0 Å². The van der Waals surface area contributed by atoms with Gasteiger partial charge in [-0.3, -0.25) is 0 Å². The average molecular weight is 258 g/mol. The predicted octanol–water partition coefficient (Wildman–Crippen LogP) is 3.69. The van der Waals surface area contributed by atoms with E-state index >= 15 is 0 Å². The van der Waals surface area contributed by atoms with Gasteiger partial charge >= 0.3 is 6.18 Å². The molecular formula is C10H8F6O. The van der Waals surface area contributed by atoms with Crippen LogP contribution in [0.4, 0.5) is 26.3 Å². The zero-order valence-corrected chi connectivity index (χ0v) is 8.52. The van der Waals surface area contributed by atoms with Gasteiger partial charge in [0.1, 0.15) is 5.75 Å². The smallest absolute Gasteiger partial charge is 0.432 e. The minimum absolute atomic E-state index is 0.116. The van der Waals surface area contributed by atoms with Gasteiger partial charge in [0.15, 0.2) is 0 Å². The number of aryl methyl sites for hydroxylation is 1. The molecule has 0 radical (unpaired) electrons. The molecule has 96 valence electrons. The van der Waals surface area contributed by atoms with E-state index in [-0.39, 0.29) is 5.56 Å². The number of halogens is 6. The van der Waals surface area contributed by atoms with Gasteiger partial charge in [0.25, 0.3) is 12.1 Å². The molecule has 0 aromatic heterocycles. The number of phenolic OH excluding ortho intramolecular Hbond substituents is 1. The fourth-order valence-corrected chi connectivity index (χ4v) is 1.30. The average Bonchev–Trinajstić information content (AvgIpc) is 2.19. The van der Waals surface area contributed by atoms with Crippen LogP contribution in [0.5, 0.6) is 5.75 Å². The van der Waals surface area contributed by atoms with E-state index < -0.39 is 29.6 Å². The number of rotatable bonds is 2. The lowest BCUT2D eigenvalue weighted by Gasteiger charge is -2.27. The molecule has 1 aromatic carbocycles. The maximum atomic E-state index is 13.5. The van der Waals surface area contributed by atoms with Crippen molar-refractivity contribution in [2.45, 2.75) is 25.2 Å². The minimum Gasteiger partial charge on any atom is -0.508 e. The Bertz CT molecular complexity index is 414. The summed E-state index contributed by atoms with van der Waals surface area (Å²) in [6.45, 7) is 1.18. The van der Waals surface area contributed by atoms with E-state index in [1.54, 1.807) is 0 Å². The van der Waals surface area contributed by atoms with Crippen LogP contribution in [0.3, 0.4) is 0 Å². The molecule has 0 amide bonds. The normalized spacial score (nSPS) is 16.0. The molecule has 1 atom stereocenters. The van der Waals surface area contributed by atoms with Crippen molar-refractivity contribution in [2.24, 2.45) is 0 Å². The fraction of sp³-hybridized carbons (Fsp3) is 0.400. The summed E-state index contributed by atoms with van der Waals surface area (Å²) in [6, 6.07) is 1.78. The Morgan fingerprint density at radius 2 is 1.65 bits per heavy atom. The Balaban J connectivity index is 3.39. The molecule has 0 bridgehead atoms. The Morgan fingerprint density at radius 3 is 2.00 bits per heavy atom. The molecule has 1 N–H and O–H groups in total. The Kier molecular flexibility index (Phi) is 3.31. The number of hydrogen-bond acceptors (Lipinski definition) is 1. The van der Waals surface area contributed by atoms with E-state index in [2.05, 4.69) is 0 Å². The summed E-state index contributed by atoms with van der Waals surface area (Å²) in [7, 11) is 0. The zero-order valence-electron chi connectivity index (χ0n) is 8.52. The maximum Gasteiger partial charge on any atom is 0.432 e. The zero-order chi connectivity index (χ0) is 13.4. The highest BCUT2D eigenvalue weighted by Gasteiger charge is 2.63. The lowest BCUT2D eigenvalue weighted by Crippen LogP contribution is -2.44. The van der Waals surface area contributed by atoms with Gasteiger partial charge in [0.2, 0.25) is 0 Å². The second-order valence-electron chi connectivity index (χ2n) is 3.51. The molecule has 1 nitrogen and oxygen atoms in total. The monoisotopic (exact) mass is 258 g/mol. The molecule has 0 saturated carbocycles. The predicted molar refractivity (Wildman–Crippen MR) is 47.7 cm³/mol. The van der Waals surface area contributed by atoms with Gasteiger partial charge in [0, 0.05) is 5.56 Å². The van der Waals surface area contributed by atoms with E-state index in [0.29, 0.717) is 12.1 Å². The van der Waals surface area contributed by atoms with Crippen LogP contribution in [0.1, 0.15) is 11.1 Å². The second-order valence-corrected chi connectivity index (χ2v) is 3.51. The third kappa shape index (κ3) is 2.18. The van der Waals surface area contributed by atoms with Crippen LogP contribution in [0.2, 0.25) is 0 Å². The Labute approximate surface area is 92.7 Å². The highest BCUT2D eigenvalue weighted by atomic mass is 19.4. The van der Waals surface area contributed by atoms with Gasteiger partial charge in [-0.25, -0.2) is 13.2 Å². The van der Waals surface area contributed by atoms with Gasteiger partial charge in [-0.2, -0.15) is 13.2 Å². The van der Waals surface area contributed by atoms with E-state index in [1.165, 1.54) is 6.92 Å². The van der Waals surface area contributed by atoms with Crippen molar-refractivity contribution < 1.29 is 31.4 Å². The lowest BCUT2D eigenvalue weighted by atomic mass is 9.94. The molecule has 1 rings (SSSR count). The summed E-state index contributed by atoms with van der Waals surface area (Å²) in [4.78, 5) is 0. The van der Waals surface area contributed by atoms with Crippen LogP contribution in [0, 0.1) is 6.92 Å². The lowest BCUT2D eigenvalue weighted by molar-refractivity contribution is -0.274. The van der Waals surface area contributed by atoms with Gasteiger partial charge in [0.05, 0.1) is 0 Å². The van der Waals surface area contributed by atoms with Gasteiger partial charge in [-0.05, 0) is 24.6 Å². The van der Waals surface area contributed by atoms with Crippen molar-refractivity contribution in [1.82, 2.24) is 0 Å². The standard InChI is InChI=1S/C10H8F6O/c1-5-4-6(2-3-7(5)17)9(13,8(11)12)10(14,15)16/h2-4,8,17H,1H3. The van der Waals surface area contributed by atoms with Gasteiger partial charge < -0.3 is 5.11 Å². The Morgan fingerprint density at radius 1 is 1.12 bits per heavy atom. The van der Waals surface area contributed by atoms with Gasteiger partial charge in [-0.15, -0.1) is 0 Å². The van der Waals surface area contributed by atoms with Crippen LogP contribution < -0.4 is 0 Å². The van der Waals surface area contributed by atoms with E-state index in [1.807, 2.05) is 0 Å². The van der Waals surface area contributed by atoms with E-state index in [4.69, 9.17) is 5.11 Å². The third-order valence-electron chi connectivity index (χ3n) is 2.33. The number of hydrogen-bond donors (Lipinski definition) is 1. The fourth-order valence-electron chi connectivity index (χ4n) is 1.30. The van der Waals surface area contributed by atoms with Crippen LogP contribution in [0.15, 0.2) is 18.2 Å². The SMILES string of the molecule is Cc1cc(C(F)(C(F)F)C(F)(F)F)ccc1O. The maximum absolute atomic E-state index is 13.5. The van der Waals surface area contributed by atoms with Crippen LogP contribution in [0.25, 0.3) is 0 Å². The van der Waals surface area contributed by atoms with Crippen LogP contribution >= 0.6 is 0 Å². The topological polar surface area (TPSA) is 20.2 Å². The molecule has 0 spiro atoms. The molecule has 1 unspecified atom stereocenters. The molecule has 7 heteroatoms. The molecule has 0 aliphatic heterocycles.